The molecule has 1 heterocycles. The van der Waals surface area contributed by atoms with Crippen molar-refractivity contribution in [2.75, 3.05) is 6.54 Å². The molecule has 2 aromatic rings. The van der Waals surface area contributed by atoms with Gasteiger partial charge in [0.2, 0.25) is 0 Å². The Hall–Kier alpha value is -1.33. The molecule has 0 spiro atoms. The number of hydrogen-bond donors (Lipinski definition) is 1. The van der Waals surface area contributed by atoms with Crippen LogP contribution in [0.4, 0.5) is 0 Å². The number of imidazole rings is 1. The van der Waals surface area contributed by atoms with E-state index in [1.165, 1.54) is 5.56 Å². The number of rotatable bonds is 7. The van der Waals surface area contributed by atoms with Crippen LogP contribution < -0.4 is 10.1 Å². The lowest BCUT2D eigenvalue weighted by Crippen LogP contribution is -2.15. The van der Waals surface area contributed by atoms with Crippen LogP contribution in [0.25, 0.3) is 0 Å². The first-order chi connectivity index (χ1) is 10.1. The van der Waals surface area contributed by atoms with Crippen molar-refractivity contribution in [3.8, 4) is 5.75 Å². The minimum Gasteiger partial charge on any atom is -0.485 e. The van der Waals surface area contributed by atoms with Crippen molar-refractivity contribution in [1.82, 2.24) is 14.9 Å². The van der Waals surface area contributed by atoms with Gasteiger partial charge in [-0.05, 0) is 37.6 Å². The minimum absolute atomic E-state index is 0.479. The van der Waals surface area contributed by atoms with Gasteiger partial charge in [-0.25, -0.2) is 4.98 Å². The fourth-order valence-electron chi connectivity index (χ4n) is 2.21. The van der Waals surface area contributed by atoms with Crippen molar-refractivity contribution >= 4 is 15.9 Å². The van der Waals surface area contributed by atoms with E-state index >= 15 is 0 Å². The second-order valence-electron chi connectivity index (χ2n) is 5.13. The second-order valence-corrected chi connectivity index (χ2v) is 6.05. The van der Waals surface area contributed by atoms with Gasteiger partial charge in [0.15, 0.2) is 0 Å². The molecule has 0 saturated heterocycles. The van der Waals surface area contributed by atoms with E-state index in [1.54, 1.807) is 6.20 Å². The summed E-state index contributed by atoms with van der Waals surface area (Å²) in [6, 6.07) is 4.19. The Balaban J connectivity index is 2.14. The monoisotopic (exact) mass is 351 g/mol. The van der Waals surface area contributed by atoms with E-state index in [0.29, 0.717) is 6.61 Å². The molecular weight excluding hydrogens is 330 g/mol. The van der Waals surface area contributed by atoms with E-state index in [1.807, 2.05) is 17.8 Å². The summed E-state index contributed by atoms with van der Waals surface area (Å²) in [5, 5.41) is 3.43. The van der Waals surface area contributed by atoms with E-state index in [-0.39, 0.29) is 0 Å². The quantitative estimate of drug-likeness (QED) is 0.775. The van der Waals surface area contributed by atoms with E-state index in [2.05, 4.69) is 52.2 Å². The van der Waals surface area contributed by atoms with Gasteiger partial charge in [0.05, 0.1) is 0 Å². The van der Waals surface area contributed by atoms with Crippen LogP contribution >= 0.6 is 15.9 Å². The molecule has 114 valence electrons. The number of hydrogen-bond acceptors (Lipinski definition) is 3. The highest BCUT2D eigenvalue weighted by molar-refractivity contribution is 9.10. The van der Waals surface area contributed by atoms with Gasteiger partial charge in [0, 0.05) is 36.0 Å². The molecule has 0 aliphatic heterocycles. The first-order valence-electron chi connectivity index (χ1n) is 7.20. The summed E-state index contributed by atoms with van der Waals surface area (Å²) < 4.78 is 9.09. The molecule has 4 nitrogen and oxygen atoms in total. The fourth-order valence-corrected chi connectivity index (χ4v) is 2.83. The highest BCUT2D eigenvalue weighted by atomic mass is 79.9. The third-order valence-electron chi connectivity index (χ3n) is 3.33. The first-order valence-corrected chi connectivity index (χ1v) is 7.99. The van der Waals surface area contributed by atoms with Crippen LogP contribution in [0.1, 0.15) is 30.3 Å². The first kappa shape index (κ1) is 16.0. The molecule has 0 aliphatic rings. The fraction of sp³-hybridized carbons (Fsp3) is 0.438. The Morgan fingerprint density at radius 1 is 1.38 bits per heavy atom. The van der Waals surface area contributed by atoms with Crippen molar-refractivity contribution in [2.45, 2.75) is 33.4 Å². The van der Waals surface area contributed by atoms with Gasteiger partial charge >= 0.3 is 0 Å². The molecule has 5 heteroatoms. The van der Waals surface area contributed by atoms with Crippen LogP contribution in [0.15, 0.2) is 29.0 Å². The van der Waals surface area contributed by atoms with Crippen molar-refractivity contribution in [3.63, 3.8) is 0 Å². The van der Waals surface area contributed by atoms with E-state index in [4.69, 9.17) is 4.74 Å². The number of nitrogens with one attached hydrogen (secondary N) is 1. The van der Waals surface area contributed by atoms with E-state index in [0.717, 1.165) is 41.1 Å². The number of halogens is 1. The van der Waals surface area contributed by atoms with E-state index in [9.17, 15) is 0 Å². The molecule has 1 aromatic heterocycles. The second kappa shape index (κ2) is 7.61. The maximum Gasteiger partial charge on any atom is 0.146 e. The Labute approximate surface area is 134 Å². The van der Waals surface area contributed by atoms with Crippen LogP contribution in [-0.2, 0) is 20.2 Å². The molecule has 0 amide bonds. The van der Waals surface area contributed by atoms with Gasteiger partial charge in [0.25, 0.3) is 0 Å². The lowest BCUT2D eigenvalue weighted by molar-refractivity contribution is 0.286. The lowest BCUT2D eigenvalue weighted by atomic mass is 10.1. The average Bonchev–Trinajstić information content (AvgIpc) is 2.83. The summed E-state index contributed by atoms with van der Waals surface area (Å²) in [5.74, 6) is 1.87. The maximum atomic E-state index is 6.03. The topological polar surface area (TPSA) is 39.1 Å². The van der Waals surface area contributed by atoms with Gasteiger partial charge in [0.1, 0.15) is 18.2 Å². The number of aryl methyl sites for hydroxylation is 2. The molecule has 0 fully saturated rings. The third kappa shape index (κ3) is 4.32. The van der Waals surface area contributed by atoms with Crippen molar-refractivity contribution in [2.24, 2.45) is 7.05 Å². The van der Waals surface area contributed by atoms with Gasteiger partial charge in [-0.3, -0.25) is 0 Å². The Morgan fingerprint density at radius 2 is 2.19 bits per heavy atom. The Morgan fingerprint density at radius 3 is 2.86 bits per heavy atom. The van der Waals surface area contributed by atoms with Gasteiger partial charge in [-0.2, -0.15) is 0 Å². The molecule has 1 N–H and O–H groups in total. The zero-order valence-electron chi connectivity index (χ0n) is 12.8. The predicted octanol–water partition coefficient (Wildman–Crippen LogP) is 3.57. The summed E-state index contributed by atoms with van der Waals surface area (Å²) in [6.07, 6.45) is 4.84. The minimum atomic E-state index is 0.479. The highest BCUT2D eigenvalue weighted by Gasteiger charge is 2.10. The average molecular weight is 352 g/mol. The molecular formula is C16H22BrN3O. The summed E-state index contributed by atoms with van der Waals surface area (Å²) >= 11 is 3.56. The predicted molar refractivity (Wildman–Crippen MR) is 88.4 cm³/mol. The van der Waals surface area contributed by atoms with Gasteiger partial charge in [-0.1, -0.05) is 22.9 Å². The van der Waals surface area contributed by atoms with Crippen LogP contribution in [0, 0.1) is 6.92 Å². The molecule has 21 heavy (non-hydrogen) atoms. The molecule has 0 aliphatic carbocycles. The summed E-state index contributed by atoms with van der Waals surface area (Å²) in [5.41, 5.74) is 2.30. The largest absolute Gasteiger partial charge is 0.485 e. The number of aromatic nitrogens is 2. The zero-order valence-corrected chi connectivity index (χ0v) is 14.4. The molecule has 0 saturated carbocycles. The summed E-state index contributed by atoms with van der Waals surface area (Å²) in [4.78, 5) is 4.30. The van der Waals surface area contributed by atoms with Crippen molar-refractivity contribution in [1.29, 1.82) is 0 Å². The van der Waals surface area contributed by atoms with Crippen LogP contribution in [-0.4, -0.2) is 16.1 Å². The normalized spacial score (nSPS) is 10.9. The molecule has 2 rings (SSSR count). The lowest BCUT2D eigenvalue weighted by Gasteiger charge is -2.15. The molecule has 1 aromatic carbocycles. The van der Waals surface area contributed by atoms with Crippen molar-refractivity contribution < 1.29 is 4.74 Å². The highest BCUT2D eigenvalue weighted by Crippen LogP contribution is 2.28. The standard InChI is InChI=1S/C16H22BrN3O/c1-4-5-18-10-13-9-14(17)8-12(2)16(13)21-11-15-19-6-7-20(15)3/h6-9,18H,4-5,10-11H2,1-3H3. The zero-order chi connectivity index (χ0) is 15.2. The number of benzene rings is 1. The van der Waals surface area contributed by atoms with Crippen LogP contribution in [0.5, 0.6) is 5.75 Å². The van der Waals surface area contributed by atoms with Crippen LogP contribution in [0.3, 0.4) is 0 Å². The van der Waals surface area contributed by atoms with E-state index < -0.39 is 0 Å². The smallest absolute Gasteiger partial charge is 0.146 e. The number of ether oxygens (including phenoxy) is 1. The Kier molecular flexibility index (Phi) is 5.82. The molecule has 0 bridgehead atoms. The molecule has 0 unspecified atom stereocenters. The maximum absolute atomic E-state index is 6.03. The summed E-state index contributed by atoms with van der Waals surface area (Å²) in [6.45, 7) is 6.53. The molecule has 0 atom stereocenters. The summed E-state index contributed by atoms with van der Waals surface area (Å²) in [7, 11) is 1.98. The van der Waals surface area contributed by atoms with Gasteiger partial charge < -0.3 is 14.6 Å². The number of nitrogens with zero attached hydrogens (tertiary/aromatic N) is 2. The molecule has 0 radical (unpaired) electrons. The van der Waals surface area contributed by atoms with Crippen LogP contribution in [0.2, 0.25) is 0 Å². The SMILES string of the molecule is CCCNCc1cc(Br)cc(C)c1OCc1nccn1C. The third-order valence-corrected chi connectivity index (χ3v) is 3.78. The Bertz CT molecular complexity index is 595. The van der Waals surface area contributed by atoms with Crippen molar-refractivity contribution in [3.05, 3.63) is 46.0 Å². The van der Waals surface area contributed by atoms with Gasteiger partial charge in [-0.15, -0.1) is 0 Å².